The summed E-state index contributed by atoms with van der Waals surface area (Å²) in [4.78, 5) is 11.8. The summed E-state index contributed by atoms with van der Waals surface area (Å²) >= 11 is 0. The maximum atomic E-state index is 12.0. The molecule has 0 spiro atoms. The second kappa shape index (κ2) is 7.28. The van der Waals surface area contributed by atoms with Gasteiger partial charge >= 0.3 is 0 Å². The monoisotopic (exact) mass is 298 g/mol. The molecule has 1 aromatic rings. The van der Waals surface area contributed by atoms with Gasteiger partial charge in [-0.2, -0.15) is 0 Å². The van der Waals surface area contributed by atoms with Crippen molar-refractivity contribution in [1.82, 2.24) is 5.32 Å². The lowest BCUT2D eigenvalue weighted by molar-refractivity contribution is -0.119. The molecule has 0 bridgehead atoms. The van der Waals surface area contributed by atoms with Crippen molar-refractivity contribution < 1.29 is 13.2 Å². The van der Waals surface area contributed by atoms with Gasteiger partial charge in [-0.15, -0.1) is 0 Å². The molecule has 20 heavy (non-hydrogen) atoms. The molecule has 0 atom stereocenters. The van der Waals surface area contributed by atoms with Crippen LogP contribution >= 0.6 is 0 Å². The molecule has 1 N–H and O–H groups in total. The van der Waals surface area contributed by atoms with Crippen LogP contribution in [-0.2, 0) is 21.2 Å². The van der Waals surface area contributed by atoms with Crippen molar-refractivity contribution in [2.75, 3.05) is 23.7 Å². The fraction of sp³-hybridized carbons (Fsp3) is 0.500. The minimum atomic E-state index is -3.50. The predicted molar refractivity (Wildman–Crippen MR) is 81.3 cm³/mol. The maximum absolute atomic E-state index is 12.0. The predicted octanol–water partition coefficient (Wildman–Crippen LogP) is 1.54. The lowest BCUT2D eigenvalue weighted by Crippen LogP contribution is -2.41. The molecule has 0 aliphatic carbocycles. The third kappa shape index (κ3) is 4.52. The van der Waals surface area contributed by atoms with E-state index in [0.717, 1.165) is 22.5 Å². The number of carbonyl (C=O) groups excluding carboxylic acids is 1. The molecule has 5 nitrogen and oxygen atoms in total. The van der Waals surface area contributed by atoms with Crippen LogP contribution < -0.4 is 9.62 Å². The summed E-state index contributed by atoms with van der Waals surface area (Å²) in [5.74, 6) is -0.289. The number of nitrogens with one attached hydrogen (secondary N) is 1. The van der Waals surface area contributed by atoms with Crippen molar-refractivity contribution in [2.24, 2.45) is 0 Å². The third-order valence-corrected chi connectivity index (χ3v) is 4.03. The van der Waals surface area contributed by atoms with E-state index < -0.39 is 10.0 Å². The molecule has 0 fully saturated rings. The number of anilines is 1. The van der Waals surface area contributed by atoms with Gasteiger partial charge in [0.2, 0.25) is 15.9 Å². The summed E-state index contributed by atoms with van der Waals surface area (Å²) < 4.78 is 25.1. The Kier molecular flexibility index (Phi) is 6.01. The molecule has 6 heteroatoms. The van der Waals surface area contributed by atoms with Crippen molar-refractivity contribution in [2.45, 2.75) is 26.7 Å². The van der Waals surface area contributed by atoms with E-state index in [9.17, 15) is 13.2 Å². The van der Waals surface area contributed by atoms with Gasteiger partial charge in [-0.25, -0.2) is 8.42 Å². The lowest BCUT2D eigenvalue weighted by atomic mass is 10.1. The van der Waals surface area contributed by atoms with Crippen LogP contribution in [0.3, 0.4) is 0 Å². The highest BCUT2D eigenvalue weighted by Gasteiger charge is 2.22. The van der Waals surface area contributed by atoms with Gasteiger partial charge in [-0.05, 0) is 24.5 Å². The molecule has 0 aliphatic rings. The van der Waals surface area contributed by atoms with Gasteiger partial charge in [0, 0.05) is 6.54 Å². The lowest BCUT2D eigenvalue weighted by Gasteiger charge is -2.24. The fourth-order valence-corrected chi connectivity index (χ4v) is 2.77. The quantitative estimate of drug-likeness (QED) is 0.830. The smallest absolute Gasteiger partial charge is 0.240 e. The topological polar surface area (TPSA) is 66.5 Å². The van der Waals surface area contributed by atoms with Crippen LogP contribution in [0.25, 0.3) is 0 Å². The first-order chi connectivity index (χ1) is 9.40. The number of hydrogen-bond donors (Lipinski definition) is 1. The molecule has 0 saturated carbocycles. The van der Waals surface area contributed by atoms with Crippen molar-refractivity contribution in [3.05, 3.63) is 29.8 Å². The van der Waals surface area contributed by atoms with E-state index in [2.05, 4.69) is 5.32 Å². The minimum absolute atomic E-state index is 0.185. The number of sulfonamides is 1. The molecule has 0 unspecified atom stereocenters. The van der Waals surface area contributed by atoms with Gasteiger partial charge in [0.05, 0.1) is 11.9 Å². The van der Waals surface area contributed by atoms with Crippen LogP contribution in [0.1, 0.15) is 25.8 Å². The Morgan fingerprint density at radius 2 is 1.90 bits per heavy atom. The zero-order chi connectivity index (χ0) is 15.2. The standard InChI is InChI=1S/C14H22N2O3S/c1-4-10-15-14(17)11-16(20(3,18)19)13-9-7-6-8-12(13)5-2/h6-9H,4-5,10-11H2,1-3H3,(H,15,17). The van der Waals surface area contributed by atoms with Gasteiger partial charge in [0.25, 0.3) is 0 Å². The zero-order valence-corrected chi connectivity index (χ0v) is 13.0. The first-order valence-electron chi connectivity index (χ1n) is 6.72. The van der Waals surface area contributed by atoms with Gasteiger partial charge in [0.1, 0.15) is 6.54 Å². The SMILES string of the molecule is CCCNC(=O)CN(c1ccccc1CC)S(C)(=O)=O. The number of rotatable bonds is 7. The molecule has 0 saturated heterocycles. The third-order valence-electron chi connectivity index (χ3n) is 2.90. The second-order valence-electron chi connectivity index (χ2n) is 4.60. The maximum Gasteiger partial charge on any atom is 0.240 e. The van der Waals surface area contributed by atoms with E-state index in [1.165, 1.54) is 0 Å². The van der Waals surface area contributed by atoms with Gasteiger partial charge in [-0.3, -0.25) is 9.10 Å². The van der Waals surface area contributed by atoms with Crippen LogP contribution in [-0.4, -0.2) is 33.7 Å². The van der Waals surface area contributed by atoms with E-state index >= 15 is 0 Å². The van der Waals surface area contributed by atoms with E-state index in [0.29, 0.717) is 18.7 Å². The van der Waals surface area contributed by atoms with Crippen molar-refractivity contribution in [1.29, 1.82) is 0 Å². The Morgan fingerprint density at radius 3 is 2.45 bits per heavy atom. The van der Waals surface area contributed by atoms with Crippen molar-refractivity contribution in [3.63, 3.8) is 0 Å². The highest BCUT2D eigenvalue weighted by molar-refractivity contribution is 7.92. The minimum Gasteiger partial charge on any atom is -0.355 e. The number of amides is 1. The molecule has 0 aliphatic heterocycles. The fourth-order valence-electron chi connectivity index (χ4n) is 1.88. The van der Waals surface area contributed by atoms with Crippen LogP contribution in [0.4, 0.5) is 5.69 Å². The highest BCUT2D eigenvalue weighted by atomic mass is 32.2. The molecule has 1 aromatic carbocycles. The molecule has 112 valence electrons. The Bertz CT molecular complexity index is 555. The summed E-state index contributed by atoms with van der Waals surface area (Å²) in [5.41, 5.74) is 1.48. The van der Waals surface area contributed by atoms with Gasteiger partial charge in [-0.1, -0.05) is 32.0 Å². The Balaban J connectivity index is 3.05. The summed E-state index contributed by atoms with van der Waals surface area (Å²) in [5, 5.41) is 2.70. The molecule has 0 heterocycles. The first-order valence-corrected chi connectivity index (χ1v) is 8.57. The summed E-state index contributed by atoms with van der Waals surface area (Å²) in [6.45, 7) is 4.26. The Labute approximate surface area is 121 Å². The van der Waals surface area contributed by atoms with Crippen molar-refractivity contribution >= 4 is 21.6 Å². The normalized spacial score (nSPS) is 11.2. The summed E-state index contributed by atoms with van der Waals surface area (Å²) in [7, 11) is -3.50. The van der Waals surface area contributed by atoms with Gasteiger partial charge < -0.3 is 5.32 Å². The molecule has 1 rings (SSSR count). The second-order valence-corrected chi connectivity index (χ2v) is 6.51. The number of carbonyl (C=O) groups is 1. The van der Waals surface area contributed by atoms with E-state index in [-0.39, 0.29) is 12.5 Å². The zero-order valence-electron chi connectivity index (χ0n) is 12.2. The number of hydrogen-bond acceptors (Lipinski definition) is 3. The molecular formula is C14H22N2O3S. The van der Waals surface area contributed by atoms with E-state index in [1.54, 1.807) is 12.1 Å². The molecular weight excluding hydrogens is 276 g/mol. The number of benzene rings is 1. The average Bonchev–Trinajstić information content (AvgIpc) is 2.41. The molecule has 0 aromatic heterocycles. The number of aryl methyl sites for hydroxylation is 1. The number of para-hydroxylation sites is 1. The van der Waals surface area contributed by atoms with Gasteiger partial charge in [0.15, 0.2) is 0 Å². The highest BCUT2D eigenvalue weighted by Crippen LogP contribution is 2.23. The van der Waals surface area contributed by atoms with Crippen LogP contribution in [0.15, 0.2) is 24.3 Å². The largest absolute Gasteiger partial charge is 0.355 e. The Morgan fingerprint density at radius 1 is 1.25 bits per heavy atom. The first kappa shape index (κ1) is 16.5. The van der Waals surface area contributed by atoms with Crippen molar-refractivity contribution in [3.8, 4) is 0 Å². The summed E-state index contributed by atoms with van der Waals surface area (Å²) in [6.07, 6.45) is 2.64. The molecule has 0 radical (unpaired) electrons. The van der Waals surface area contributed by atoms with Crippen LogP contribution in [0.5, 0.6) is 0 Å². The van der Waals surface area contributed by atoms with E-state index in [1.807, 2.05) is 26.0 Å². The van der Waals surface area contributed by atoms with Crippen LogP contribution in [0.2, 0.25) is 0 Å². The summed E-state index contributed by atoms with van der Waals surface area (Å²) in [6, 6.07) is 7.24. The molecule has 1 amide bonds. The average molecular weight is 298 g/mol. The van der Waals surface area contributed by atoms with Crippen LogP contribution in [0, 0.1) is 0 Å². The Hall–Kier alpha value is -1.56. The van der Waals surface area contributed by atoms with E-state index in [4.69, 9.17) is 0 Å². The number of nitrogens with zero attached hydrogens (tertiary/aromatic N) is 1.